The van der Waals surface area contributed by atoms with Crippen molar-refractivity contribution in [1.82, 2.24) is 9.29 Å². The number of pyridine rings is 1. The molecule has 0 aliphatic heterocycles. The Balaban J connectivity index is 1.48. The Morgan fingerprint density at radius 1 is 1.00 bits per heavy atom. The molecule has 0 amide bonds. The Kier molecular flexibility index (Phi) is 6.67. The highest BCUT2D eigenvalue weighted by atomic mass is 32.2. The molecule has 0 saturated carbocycles. The molecule has 1 aromatic heterocycles. The van der Waals surface area contributed by atoms with Gasteiger partial charge in [-0.3, -0.25) is 0 Å². The number of hydrogen-bond donors (Lipinski definition) is 0. The summed E-state index contributed by atoms with van der Waals surface area (Å²) < 4.78 is 31.9. The molecule has 7 heteroatoms. The predicted molar refractivity (Wildman–Crippen MR) is 146 cm³/mol. The number of benzene rings is 3. The van der Waals surface area contributed by atoms with E-state index in [0.29, 0.717) is 17.5 Å². The van der Waals surface area contributed by atoms with Gasteiger partial charge in [-0.1, -0.05) is 60.2 Å². The summed E-state index contributed by atoms with van der Waals surface area (Å²) in [5.74, 6) is -0.438. The van der Waals surface area contributed by atoms with Crippen molar-refractivity contribution in [3.63, 3.8) is 0 Å². The third-order valence-electron chi connectivity index (χ3n) is 6.61. The second kappa shape index (κ2) is 9.92. The van der Waals surface area contributed by atoms with Gasteiger partial charge in [-0.05, 0) is 66.3 Å². The lowest BCUT2D eigenvalue weighted by atomic mass is 10.0. The van der Waals surface area contributed by atoms with Crippen LogP contribution >= 0.6 is 0 Å². The predicted octanol–water partition coefficient (Wildman–Crippen LogP) is 5.64. The zero-order valence-electron chi connectivity index (χ0n) is 21.1. The van der Waals surface area contributed by atoms with Crippen LogP contribution in [0.1, 0.15) is 44.7 Å². The summed E-state index contributed by atoms with van der Waals surface area (Å²) in [6, 6.07) is 22.4. The van der Waals surface area contributed by atoms with Crippen LogP contribution in [-0.2, 0) is 27.8 Å². The van der Waals surface area contributed by atoms with Crippen LogP contribution in [0.4, 0.5) is 0 Å². The number of sulfonamides is 1. The Morgan fingerprint density at radius 3 is 2.51 bits per heavy atom. The Bertz CT molecular complexity index is 1640. The Hall–Kier alpha value is -3.81. The van der Waals surface area contributed by atoms with Gasteiger partial charge in [0.25, 0.3) is 0 Å². The van der Waals surface area contributed by atoms with Gasteiger partial charge in [0.1, 0.15) is 6.61 Å². The van der Waals surface area contributed by atoms with Crippen LogP contribution in [0.2, 0.25) is 0 Å². The molecule has 1 aliphatic rings. The summed E-state index contributed by atoms with van der Waals surface area (Å²) in [7, 11) is -0.613. The summed E-state index contributed by atoms with van der Waals surface area (Å²) in [4.78, 5) is 18.6. The van der Waals surface area contributed by atoms with Crippen molar-refractivity contribution in [3.8, 4) is 0 Å². The second-order valence-electron chi connectivity index (χ2n) is 9.42. The van der Waals surface area contributed by atoms with Crippen LogP contribution in [0.5, 0.6) is 0 Å². The fourth-order valence-corrected chi connectivity index (χ4v) is 5.58. The number of rotatable bonds is 6. The molecule has 3 aromatic carbocycles. The van der Waals surface area contributed by atoms with Gasteiger partial charge in [-0.25, -0.2) is 22.5 Å². The summed E-state index contributed by atoms with van der Waals surface area (Å²) in [6.07, 6.45) is 3.63. The van der Waals surface area contributed by atoms with E-state index in [1.807, 2.05) is 24.3 Å². The molecule has 0 atom stereocenters. The van der Waals surface area contributed by atoms with Gasteiger partial charge in [-0.15, -0.1) is 0 Å². The van der Waals surface area contributed by atoms with Gasteiger partial charge in [-0.2, -0.15) is 0 Å². The highest BCUT2D eigenvalue weighted by molar-refractivity contribution is 7.89. The normalized spacial score (nSPS) is 14.3. The molecule has 5 rings (SSSR count). The average molecular weight is 513 g/mol. The van der Waals surface area contributed by atoms with E-state index in [0.717, 1.165) is 44.0 Å². The average Bonchev–Trinajstić information content (AvgIpc) is 3.29. The van der Waals surface area contributed by atoms with Crippen molar-refractivity contribution in [2.24, 2.45) is 0 Å². The van der Waals surface area contributed by atoms with E-state index < -0.39 is 16.0 Å². The lowest BCUT2D eigenvalue weighted by Crippen LogP contribution is -2.22. The van der Waals surface area contributed by atoms with Crippen LogP contribution < -0.4 is 0 Å². The van der Waals surface area contributed by atoms with Gasteiger partial charge < -0.3 is 4.74 Å². The molecule has 4 aromatic rings. The van der Waals surface area contributed by atoms with E-state index in [4.69, 9.17) is 9.72 Å². The number of aromatic nitrogens is 1. The van der Waals surface area contributed by atoms with E-state index in [1.165, 1.54) is 25.7 Å². The molecule has 0 radical (unpaired) electrons. The van der Waals surface area contributed by atoms with Gasteiger partial charge in [0.15, 0.2) is 0 Å². The Labute approximate surface area is 217 Å². The van der Waals surface area contributed by atoms with Gasteiger partial charge in [0.05, 0.1) is 21.7 Å². The molecule has 6 nitrogen and oxygen atoms in total. The minimum atomic E-state index is -3.58. The van der Waals surface area contributed by atoms with Crippen molar-refractivity contribution < 1.29 is 17.9 Å². The molecular weight excluding hydrogens is 484 g/mol. The topological polar surface area (TPSA) is 76.6 Å². The molecule has 1 aliphatic carbocycles. The Morgan fingerprint density at radius 2 is 1.76 bits per heavy atom. The molecule has 188 valence electrons. The van der Waals surface area contributed by atoms with Crippen molar-refractivity contribution in [1.29, 1.82) is 0 Å². The quantitative estimate of drug-likeness (QED) is 0.313. The molecule has 0 bridgehead atoms. The minimum Gasteiger partial charge on any atom is -0.457 e. The van der Waals surface area contributed by atoms with Crippen LogP contribution in [0, 0.1) is 6.92 Å². The lowest BCUT2D eigenvalue weighted by molar-refractivity contribution is 0.0473. The van der Waals surface area contributed by atoms with Gasteiger partial charge in [0.2, 0.25) is 10.0 Å². The number of carbonyl (C=O) groups is 1. The largest absolute Gasteiger partial charge is 0.457 e. The maximum Gasteiger partial charge on any atom is 0.339 e. The smallest absolute Gasteiger partial charge is 0.339 e. The molecular formula is C30H28N2O4S. The highest BCUT2D eigenvalue weighted by Gasteiger charge is 2.28. The number of ether oxygens (including phenoxy) is 1. The molecule has 0 N–H and O–H groups in total. The highest BCUT2D eigenvalue weighted by Crippen LogP contribution is 2.38. The molecule has 1 heterocycles. The number of carbonyl (C=O) groups excluding carboxylic acids is 1. The fraction of sp³-hybridized carbons (Fsp3) is 0.200. The van der Waals surface area contributed by atoms with Gasteiger partial charge in [0, 0.05) is 19.5 Å². The SMILES string of the molecule is Cc1ccc(/C=C2\CCc3c2nc2ccccc2c3C(=O)OCc2cccc(S(=O)(=O)N(C)C)c2)cc1. The zero-order valence-corrected chi connectivity index (χ0v) is 21.9. The third-order valence-corrected chi connectivity index (χ3v) is 8.42. The molecule has 37 heavy (non-hydrogen) atoms. The summed E-state index contributed by atoms with van der Waals surface area (Å²) in [6.45, 7) is 2.03. The lowest BCUT2D eigenvalue weighted by Gasteiger charge is -2.14. The van der Waals surface area contributed by atoms with Crippen molar-refractivity contribution in [2.75, 3.05) is 14.1 Å². The minimum absolute atomic E-state index is 0.0346. The van der Waals surface area contributed by atoms with E-state index in [-0.39, 0.29) is 11.5 Å². The number of para-hydroxylation sites is 1. The number of esters is 1. The first-order chi connectivity index (χ1) is 17.7. The fourth-order valence-electron chi connectivity index (χ4n) is 4.60. The molecule has 0 unspecified atom stereocenters. The summed E-state index contributed by atoms with van der Waals surface area (Å²) >= 11 is 0. The van der Waals surface area contributed by atoms with Crippen LogP contribution in [0.25, 0.3) is 22.6 Å². The summed E-state index contributed by atoms with van der Waals surface area (Å²) in [5, 5.41) is 0.756. The number of fused-ring (bicyclic) bond motifs is 2. The first-order valence-corrected chi connectivity index (χ1v) is 13.6. The van der Waals surface area contributed by atoms with Crippen LogP contribution in [0.3, 0.4) is 0 Å². The maximum atomic E-state index is 13.5. The number of allylic oxidation sites excluding steroid dienone is 1. The zero-order chi connectivity index (χ0) is 26.2. The van der Waals surface area contributed by atoms with E-state index in [9.17, 15) is 13.2 Å². The first kappa shape index (κ1) is 24.9. The van der Waals surface area contributed by atoms with Crippen LogP contribution in [0.15, 0.2) is 77.7 Å². The number of hydrogen-bond acceptors (Lipinski definition) is 5. The number of aryl methyl sites for hydroxylation is 1. The maximum absolute atomic E-state index is 13.5. The monoisotopic (exact) mass is 512 g/mol. The van der Waals surface area contributed by atoms with E-state index in [1.54, 1.807) is 18.2 Å². The van der Waals surface area contributed by atoms with Crippen LogP contribution in [-0.4, -0.2) is 37.8 Å². The molecule has 0 fully saturated rings. The molecule has 0 saturated heterocycles. The van der Waals surface area contributed by atoms with Gasteiger partial charge >= 0.3 is 5.97 Å². The van der Waals surface area contributed by atoms with Crippen molar-refractivity contribution in [3.05, 3.63) is 106 Å². The second-order valence-corrected chi connectivity index (χ2v) is 11.6. The van der Waals surface area contributed by atoms with E-state index in [2.05, 4.69) is 37.3 Å². The van der Waals surface area contributed by atoms with Crippen molar-refractivity contribution >= 4 is 38.5 Å². The standard InChI is InChI=1S/C30H28N2O4S/c1-20-11-13-21(14-12-20)17-23-15-16-26-28(25-9-4-5-10-27(25)31-29(23)26)30(33)36-19-22-7-6-8-24(18-22)37(34,35)32(2)3/h4-14,17-18H,15-16,19H2,1-3H3/b23-17+. The van der Waals surface area contributed by atoms with Crippen molar-refractivity contribution in [2.45, 2.75) is 31.3 Å². The summed E-state index contributed by atoms with van der Waals surface area (Å²) in [5.41, 5.74) is 7.00. The van der Waals surface area contributed by atoms with E-state index >= 15 is 0 Å². The molecule has 0 spiro atoms. The third kappa shape index (κ3) is 4.92. The number of nitrogens with zero attached hydrogens (tertiary/aromatic N) is 2. The first-order valence-electron chi connectivity index (χ1n) is 12.1.